The van der Waals surface area contributed by atoms with Gasteiger partial charge in [0.2, 0.25) is 0 Å². The van der Waals surface area contributed by atoms with Crippen molar-refractivity contribution in [2.24, 2.45) is 0 Å². The third-order valence-corrected chi connectivity index (χ3v) is 2.70. The van der Waals surface area contributed by atoms with E-state index in [-0.39, 0.29) is 6.10 Å². The molecule has 0 radical (unpaired) electrons. The van der Waals surface area contributed by atoms with Gasteiger partial charge in [0.25, 0.3) is 0 Å². The van der Waals surface area contributed by atoms with E-state index >= 15 is 0 Å². The number of hydrogen-bond acceptors (Lipinski definition) is 2. The van der Waals surface area contributed by atoms with Crippen LogP contribution in [0, 0.1) is 0 Å². The molecule has 2 heteroatoms. The van der Waals surface area contributed by atoms with Crippen LogP contribution in [0.5, 0.6) is 0 Å². The standard InChI is InChI=1S/C11H15NO/c12-9-5-6-10-8(7-9)3-1-2-4-11(10)13/h5-7,11,13H,1-4,12H2. The molecule has 70 valence electrons. The molecule has 1 aromatic carbocycles. The van der Waals surface area contributed by atoms with Crippen molar-refractivity contribution in [3.8, 4) is 0 Å². The second-order valence-electron chi connectivity index (χ2n) is 3.72. The zero-order chi connectivity index (χ0) is 9.26. The van der Waals surface area contributed by atoms with Gasteiger partial charge < -0.3 is 10.8 Å². The molecular weight excluding hydrogens is 162 g/mol. The molecule has 1 atom stereocenters. The average Bonchev–Trinajstić information content (AvgIpc) is 2.28. The summed E-state index contributed by atoms with van der Waals surface area (Å²) in [5, 5.41) is 9.79. The number of fused-ring (bicyclic) bond motifs is 1. The molecule has 0 spiro atoms. The molecule has 0 amide bonds. The number of benzene rings is 1. The largest absolute Gasteiger partial charge is 0.399 e. The second kappa shape index (κ2) is 3.38. The van der Waals surface area contributed by atoms with E-state index in [0.717, 1.165) is 36.9 Å². The fourth-order valence-electron chi connectivity index (χ4n) is 1.98. The van der Waals surface area contributed by atoms with Gasteiger partial charge in [-0.05, 0) is 42.5 Å². The van der Waals surface area contributed by atoms with Gasteiger partial charge in [0.15, 0.2) is 0 Å². The molecule has 0 bridgehead atoms. The molecule has 0 aromatic heterocycles. The number of nitrogen functional groups attached to an aromatic ring is 1. The summed E-state index contributed by atoms with van der Waals surface area (Å²) in [4.78, 5) is 0. The summed E-state index contributed by atoms with van der Waals surface area (Å²) in [6, 6.07) is 5.82. The van der Waals surface area contributed by atoms with Crippen molar-refractivity contribution < 1.29 is 5.11 Å². The molecular formula is C11H15NO. The lowest BCUT2D eigenvalue weighted by molar-refractivity contribution is 0.166. The van der Waals surface area contributed by atoms with Crippen LogP contribution in [0.1, 0.15) is 36.5 Å². The summed E-state index contributed by atoms with van der Waals surface area (Å²) >= 11 is 0. The molecule has 1 aromatic rings. The Bertz CT molecular complexity index is 309. The van der Waals surface area contributed by atoms with E-state index < -0.39 is 0 Å². The molecule has 0 heterocycles. The number of rotatable bonds is 0. The van der Waals surface area contributed by atoms with Crippen molar-refractivity contribution in [2.45, 2.75) is 31.8 Å². The lowest BCUT2D eigenvalue weighted by atomic mass is 10.0. The Morgan fingerprint density at radius 2 is 2.15 bits per heavy atom. The first-order valence-electron chi connectivity index (χ1n) is 4.84. The van der Waals surface area contributed by atoms with Gasteiger partial charge in [-0.1, -0.05) is 12.5 Å². The Labute approximate surface area is 78.4 Å². The first-order valence-corrected chi connectivity index (χ1v) is 4.84. The maximum absolute atomic E-state index is 9.79. The topological polar surface area (TPSA) is 46.2 Å². The van der Waals surface area contributed by atoms with E-state index in [9.17, 15) is 5.11 Å². The maximum atomic E-state index is 9.79. The summed E-state index contributed by atoms with van der Waals surface area (Å²) < 4.78 is 0. The van der Waals surface area contributed by atoms with E-state index in [4.69, 9.17) is 5.73 Å². The van der Waals surface area contributed by atoms with Gasteiger partial charge in [-0.25, -0.2) is 0 Å². The maximum Gasteiger partial charge on any atom is 0.0792 e. The Morgan fingerprint density at radius 3 is 3.00 bits per heavy atom. The highest BCUT2D eigenvalue weighted by atomic mass is 16.3. The van der Waals surface area contributed by atoms with Crippen LogP contribution in [0.15, 0.2) is 18.2 Å². The molecule has 3 N–H and O–H groups in total. The molecule has 1 aliphatic rings. The van der Waals surface area contributed by atoms with Crippen LogP contribution in [0.4, 0.5) is 5.69 Å². The van der Waals surface area contributed by atoms with Crippen LogP contribution < -0.4 is 5.73 Å². The van der Waals surface area contributed by atoms with E-state index in [2.05, 4.69) is 0 Å². The predicted octanol–water partition coefficient (Wildman–Crippen LogP) is 2.03. The minimum atomic E-state index is -0.280. The highest BCUT2D eigenvalue weighted by molar-refractivity contribution is 5.45. The van der Waals surface area contributed by atoms with Crippen molar-refractivity contribution in [1.29, 1.82) is 0 Å². The quantitative estimate of drug-likeness (QED) is 0.470. The zero-order valence-corrected chi connectivity index (χ0v) is 7.66. The Kier molecular flexibility index (Phi) is 2.23. The van der Waals surface area contributed by atoms with Crippen molar-refractivity contribution in [2.75, 3.05) is 5.73 Å². The molecule has 0 aliphatic heterocycles. The number of nitrogens with two attached hydrogens (primary N) is 1. The molecule has 0 saturated heterocycles. The predicted molar refractivity (Wildman–Crippen MR) is 53.4 cm³/mol. The highest BCUT2D eigenvalue weighted by Crippen LogP contribution is 2.29. The first kappa shape index (κ1) is 8.57. The van der Waals surface area contributed by atoms with Crippen LogP contribution >= 0.6 is 0 Å². The van der Waals surface area contributed by atoms with Crippen LogP contribution in [0.2, 0.25) is 0 Å². The number of aliphatic hydroxyl groups excluding tert-OH is 1. The fraction of sp³-hybridized carbons (Fsp3) is 0.455. The van der Waals surface area contributed by atoms with Crippen molar-refractivity contribution >= 4 is 5.69 Å². The van der Waals surface area contributed by atoms with Crippen LogP contribution in [-0.2, 0) is 6.42 Å². The zero-order valence-electron chi connectivity index (χ0n) is 7.66. The third-order valence-electron chi connectivity index (χ3n) is 2.70. The summed E-state index contributed by atoms with van der Waals surface area (Å²) in [5.41, 5.74) is 8.80. The lowest BCUT2D eigenvalue weighted by Crippen LogP contribution is -1.99. The smallest absolute Gasteiger partial charge is 0.0792 e. The minimum Gasteiger partial charge on any atom is -0.399 e. The first-order chi connectivity index (χ1) is 6.27. The van der Waals surface area contributed by atoms with Crippen molar-refractivity contribution in [1.82, 2.24) is 0 Å². The summed E-state index contributed by atoms with van der Waals surface area (Å²) in [5.74, 6) is 0. The van der Waals surface area contributed by atoms with Gasteiger partial charge in [0.1, 0.15) is 0 Å². The Balaban J connectivity index is 2.42. The van der Waals surface area contributed by atoms with E-state index in [0.29, 0.717) is 0 Å². The molecule has 1 aliphatic carbocycles. The van der Waals surface area contributed by atoms with Gasteiger partial charge in [-0.15, -0.1) is 0 Å². The van der Waals surface area contributed by atoms with Gasteiger partial charge >= 0.3 is 0 Å². The van der Waals surface area contributed by atoms with Crippen molar-refractivity contribution in [3.63, 3.8) is 0 Å². The molecule has 0 fully saturated rings. The van der Waals surface area contributed by atoms with Gasteiger partial charge in [-0.2, -0.15) is 0 Å². The molecule has 2 nitrogen and oxygen atoms in total. The van der Waals surface area contributed by atoms with Crippen LogP contribution in [-0.4, -0.2) is 5.11 Å². The minimum absolute atomic E-state index is 0.280. The third kappa shape index (κ3) is 1.68. The average molecular weight is 177 g/mol. The Morgan fingerprint density at radius 1 is 1.31 bits per heavy atom. The molecule has 0 saturated carbocycles. The second-order valence-corrected chi connectivity index (χ2v) is 3.72. The van der Waals surface area contributed by atoms with Crippen molar-refractivity contribution in [3.05, 3.63) is 29.3 Å². The lowest BCUT2D eigenvalue weighted by Gasteiger charge is -2.11. The van der Waals surface area contributed by atoms with E-state index in [1.807, 2.05) is 18.2 Å². The highest BCUT2D eigenvalue weighted by Gasteiger charge is 2.15. The van der Waals surface area contributed by atoms with Gasteiger partial charge in [-0.3, -0.25) is 0 Å². The van der Waals surface area contributed by atoms with E-state index in [1.165, 1.54) is 5.56 Å². The number of aliphatic hydroxyl groups is 1. The molecule has 2 rings (SSSR count). The van der Waals surface area contributed by atoms with Crippen LogP contribution in [0.25, 0.3) is 0 Å². The number of aryl methyl sites for hydroxylation is 1. The SMILES string of the molecule is Nc1ccc2c(c1)CCCCC2O. The fourth-order valence-corrected chi connectivity index (χ4v) is 1.98. The molecule has 13 heavy (non-hydrogen) atoms. The normalized spacial score (nSPS) is 22.1. The molecule has 1 unspecified atom stereocenters. The summed E-state index contributed by atoms with van der Waals surface area (Å²) in [7, 11) is 0. The summed E-state index contributed by atoms with van der Waals surface area (Å²) in [6.45, 7) is 0. The monoisotopic (exact) mass is 177 g/mol. The van der Waals surface area contributed by atoms with Gasteiger partial charge in [0.05, 0.1) is 6.10 Å². The number of anilines is 1. The Hall–Kier alpha value is -1.02. The van der Waals surface area contributed by atoms with E-state index in [1.54, 1.807) is 0 Å². The van der Waals surface area contributed by atoms with Gasteiger partial charge in [0, 0.05) is 5.69 Å². The van der Waals surface area contributed by atoms with Crippen LogP contribution in [0.3, 0.4) is 0 Å². The summed E-state index contributed by atoms with van der Waals surface area (Å²) in [6.07, 6.45) is 3.93. The number of hydrogen-bond donors (Lipinski definition) is 2.